The highest BCUT2D eigenvalue weighted by Gasteiger charge is 2.09. The summed E-state index contributed by atoms with van der Waals surface area (Å²) in [6, 6.07) is 11.2. The van der Waals surface area contributed by atoms with E-state index in [0.717, 1.165) is 23.5 Å². The molecular formula is C16H17NO3. The van der Waals surface area contributed by atoms with Gasteiger partial charge < -0.3 is 10.1 Å². The van der Waals surface area contributed by atoms with Crippen molar-refractivity contribution in [3.8, 4) is 5.75 Å². The smallest absolute Gasteiger partial charge is 0.257 e. The van der Waals surface area contributed by atoms with Gasteiger partial charge in [-0.25, -0.2) is 0 Å². The van der Waals surface area contributed by atoms with Crippen molar-refractivity contribution in [3.05, 3.63) is 42.0 Å². The maximum absolute atomic E-state index is 11.5. The summed E-state index contributed by atoms with van der Waals surface area (Å²) >= 11 is 0. The van der Waals surface area contributed by atoms with Gasteiger partial charge in [-0.2, -0.15) is 0 Å². The van der Waals surface area contributed by atoms with Gasteiger partial charge >= 0.3 is 0 Å². The first-order chi connectivity index (χ1) is 9.76. The Hall–Kier alpha value is -2.36. The van der Waals surface area contributed by atoms with E-state index < -0.39 is 0 Å². The maximum Gasteiger partial charge on any atom is 0.257 e. The summed E-state index contributed by atoms with van der Waals surface area (Å²) in [5.74, 6) is 0.252. The number of nitrogens with one attached hydrogen (secondary N) is 1. The number of hydrogen-bond acceptors (Lipinski definition) is 3. The molecule has 0 aromatic heterocycles. The molecule has 20 heavy (non-hydrogen) atoms. The molecule has 0 radical (unpaired) electrons. The second-order valence-corrected chi connectivity index (χ2v) is 4.45. The number of fused-ring (bicyclic) bond motifs is 1. The van der Waals surface area contributed by atoms with Crippen molar-refractivity contribution in [1.29, 1.82) is 0 Å². The van der Waals surface area contributed by atoms with Gasteiger partial charge in [0.05, 0.1) is 5.56 Å². The molecule has 0 fully saturated rings. The van der Waals surface area contributed by atoms with E-state index in [4.69, 9.17) is 4.74 Å². The van der Waals surface area contributed by atoms with Gasteiger partial charge in [-0.15, -0.1) is 0 Å². The number of hydrogen-bond donors (Lipinski definition) is 1. The predicted molar refractivity (Wildman–Crippen MR) is 78.1 cm³/mol. The van der Waals surface area contributed by atoms with E-state index in [1.54, 1.807) is 6.07 Å². The van der Waals surface area contributed by atoms with Crippen molar-refractivity contribution in [1.82, 2.24) is 5.32 Å². The Morgan fingerprint density at radius 3 is 2.80 bits per heavy atom. The van der Waals surface area contributed by atoms with Crippen LogP contribution in [0.2, 0.25) is 0 Å². The van der Waals surface area contributed by atoms with Crippen LogP contribution in [0.5, 0.6) is 5.75 Å². The average Bonchev–Trinajstić information content (AvgIpc) is 2.50. The van der Waals surface area contributed by atoms with Gasteiger partial charge in [0, 0.05) is 6.54 Å². The number of carbonyl (C=O) groups excluding carboxylic acids is 2. The van der Waals surface area contributed by atoms with Crippen molar-refractivity contribution in [2.45, 2.75) is 13.3 Å². The van der Waals surface area contributed by atoms with Crippen LogP contribution in [0.15, 0.2) is 36.4 Å². The highest BCUT2D eigenvalue weighted by atomic mass is 16.5. The maximum atomic E-state index is 11.5. The molecule has 104 valence electrons. The van der Waals surface area contributed by atoms with Gasteiger partial charge in [-0.05, 0) is 23.3 Å². The molecule has 0 aliphatic rings. The largest absolute Gasteiger partial charge is 0.483 e. The molecule has 1 amide bonds. The lowest BCUT2D eigenvalue weighted by Gasteiger charge is -2.10. The molecule has 2 rings (SSSR count). The van der Waals surface area contributed by atoms with E-state index in [9.17, 15) is 9.59 Å². The van der Waals surface area contributed by atoms with Gasteiger partial charge in [0.2, 0.25) is 0 Å². The molecule has 0 aliphatic heterocycles. The number of amides is 1. The number of rotatable bonds is 6. The SMILES string of the molecule is CCCNC(=O)COc1ccc2ccccc2c1C=O. The fourth-order valence-corrected chi connectivity index (χ4v) is 1.98. The van der Waals surface area contributed by atoms with E-state index in [1.165, 1.54) is 0 Å². The quantitative estimate of drug-likeness (QED) is 0.821. The molecule has 0 saturated carbocycles. The fourth-order valence-electron chi connectivity index (χ4n) is 1.98. The van der Waals surface area contributed by atoms with Gasteiger partial charge in [0.1, 0.15) is 5.75 Å². The van der Waals surface area contributed by atoms with Gasteiger partial charge in [0.15, 0.2) is 12.9 Å². The summed E-state index contributed by atoms with van der Waals surface area (Å²) in [5.41, 5.74) is 0.478. The third-order valence-corrected chi connectivity index (χ3v) is 2.98. The summed E-state index contributed by atoms with van der Waals surface area (Å²) in [4.78, 5) is 22.8. The van der Waals surface area contributed by atoms with Crippen LogP contribution in [0, 0.1) is 0 Å². The van der Waals surface area contributed by atoms with Crippen molar-refractivity contribution in [3.63, 3.8) is 0 Å². The Kier molecular flexibility index (Phi) is 4.71. The molecule has 0 bridgehead atoms. The zero-order valence-electron chi connectivity index (χ0n) is 11.4. The van der Waals surface area contributed by atoms with E-state index in [1.807, 2.05) is 37.3 Å². The Morgan fingerprint density at radius 1 is 1.25 bits per heavy atom. The first-order valence-corrected chi connectivity index (χ1v) is 6.62. The predicted octanol–water partition coefficient (Wildman–Crippen LogP) is 2.56. The minimum absolute atomic E-state index is 0.0841. The van der Waals surface area contributed by atoms with Crippen LogP contribution in [0.25, 0.3) is 10.8 Å². The molecule has 2 aromatic rings. The normalized spacial score (nSPS) is 10.2. The molecule has 0 unspecified atom stereocenters. The van der Waals surface area contributed by atoms with Gasteiger partial charge in [0.25, 0.3) is 5.91 Å². The summed E-state index contributed by atoms with van der Waals surface area (Å²) < 4.78 is 5.45. The zero-order chi connectivity index (χ0) is 14.4. The highest BCUT2D eigenvalue weighted by Crippen LogP contribution is 2.26. The average molecular weight is 271 g/mol. The minimum atomic E-state index is -0.183. The monoisotopic (exact) mass is 271 g/mol. The third-order valence-electron chi connectivity index (χ3n) is 2.98. The summed E-state index contributed by atoms with van der Waals surface area (Å²) in [6.45, 7) is 2.52. The molecule has 0 atom stereocenters. The topological polar surface area (TPSA) is 55.4 Å². The third kappa shape index (κ3) is 3.15. The molecule has 0 aliphatic carbocycles. The second kappa shape index (κ2) is 6.70. The number of aldehydes is 1. The lowest BCUT2D eigenvalue weighted by Crippen LogP contribution is -2.29. The van der Waals surface area contributed by atoms with Gasteiger partial charge in [-0.3, -0.25) is 9.59 Å². The van der Waals surface area contributed by atoms with Crippen LogP contribution < -0.4 is 10.1 Å². The van der Waals surface area contributed by atoms with Crippen LogP contribution in [0.4, 0.5) is 0 Å². The first-order valence-electron chi connectivity index (χ1n) is 6.62. The molecule has 0 spiro atoms. The summed E-state index contributed by atoms with van der Waals surface area (Å²) in [5, 5.41) is 4.52. The fraction of sp³-hybridized carbons (Fsp3) is 0.250. The number of carbonyl (C=O) groups is 2. The zero-order valence-corrected chi connectivity index (χ0v) is 11.4. The van der Waals surface area contributed by atoms with Crippen LogP contribution in [0.3, 0.4) is 0 Å². The Labute approximate surface area is 117 Å². The molecule has 0 saturated heterocycles. The number of benzene rings is 2. The molecule has 4 nitrogen and oxygen atoms in total. The van der Waals surface area contributed by atoms with Crippen molar-refractivity contribution < 1.29 is 14.3 Å². The second-order valence-electron chi connectivity index (χ2n) is 4.45. The van der Waals surface area contributed by atoms with E-state index in [-0.39, 0.29) is 12.5 Å². The summed E-state index contributed by atoms with van der Waals surface area (Å²) in [7, 11) is 0. The molecular weight excluding hydrogens is 254 g/mol. The van der Waals surface area contributed by atoms with Crippen molar-refractivity contribution in [2.24, 2.45) is 0 Å². The lowest BCUT2D eigenvalue weighted by atomic mass is 10.0. The molecule has 1 N–H and O–H groups in total. The molecule has 2 aromatic carbocycles. The molecule has 0 heterocycles. The lowest BCUT2D eigenvalue weighted by molar-refractivity contribution is -0.123. The molecule has 4 heteroatoms. The van der Waals surface area contributed by atoms with Crippen molar-refractivity contribution in [2.75, 3.05) is 13.2 Å². The minimum Gasteiger partial charge on any atom is -0.483 e. The Morgan fingerprint density at radius 2 is 2.05 bits per heavy atom. The van der Waals surface area contributed by atoms with Crippen LogP contribution in [-0.4, -0.2) is 25.3 Å². The van der Waals surface area contributed by atoms with Gasteiger partial charge in [-0.1, -0.05) is 37.3 Å². The van der Waals surface area contributed by atoms with Crippen LogP contribution in [0.1, 0.15) is 23.7 Å². The van der Waals surface area contributed by atoms with E-state index in [0.29, 0.717) is 17.9 Å². The highest BCUT2D eigenvalue weighted by molar-refractivity contribution is 6.00. The van der Waals surface area contributed by atoms with Crippen molar-refractivity contribution >= 4 is 23.0 Å². The van der Waals surface area contributed by atoms with E-state index >= 15 is 0 Å². The first kappa shape index (κ1) is 14.1. The Bertz CT molecular complexity index is 622. The Balaban J connectivity index is 2.18. The number of ether oxygens (including phenoxy) is 1. The standard InChI is InChI=1S/C16H17NO3/c1-2-9-17-16(19)11-20-15-8-7-12-5-3-4-6-13(12)14(15)10-18/h3-8,10H,2,9,11H2,1H3,(H,17,19). The van der Waals surface area contributed by atoms with Crippen LogP contribution in [-0.2, 0) is 4.79 Å². The summed E-state index contributed by atoms with van der Waals surface area (Å²) in [6.07, 6.45) is 1.64. The van der Waals surface area contributed by atoms with Crippen LogP contribution >= 0.6 is 0 Å². The van der Waals surface area contributed by atoms with E-state index in [2.05, 4.69) is 5.32 Å².